The third kappa shape index (κ3) is 2.96. The van der Waals surface area contributed by atoms with Gasteiger partial charge in [0, 0.05) is 47.3 Å². The van der Waals surface area contributed by atoms with Crippen LogP contribution in [0.1, 0.15) is 106 Å². The van der Waals surface area contributed by atoms with Crippen LogP contribution in [0.5, 0.6) is 0 Å². The number of anilines is 1. The summed E-state index contributed by atoms with van der Waals surface area (Å²) in [7, 11) is 3.95. The van der Waals surface area contributed by atoms with Gasteiger partial charge in [-0.3, -0.25) is 14.6 Å². The Kier molecular flexibility index (Phi) is 5.39. The number of esters is 1. The first kappa shape index (κ1) is 28.1. The number of methoxy groups -OCH3 is 1. The highest BCUT2D eigenvalue weighted by Crippen LogP contribution is 2.76. The van der Waals surface area contributed by atoms with Crippen LogP contribution in [0.25, 0.3) is 10.9 Å². The van der Waals surface area contributed by atoms with Crippen molar-refractivity contribution in [2.24, 2.45) is 16.7 Å². The molecule has 7 heterocycles. The number of aromatic nitrogens is 1. The Hall–Kier alpha value is -2.83. The zero-order chi connectivity index (χ0) is 31.5. The summed E-state index contributed by atoms with van der Waals surface area (Å²) in [6.07, 6.45) is 13.3. The van der Waals surface area contributed by atoms with Crippen LogP contribution in [0.15, 0.2) is 42.5 Å². The summed E-state index contributed by atoms with van der Waals surface area (Å²) in [4.78, 5) is 22.2. The molecular weight excluding hydrogens is 580 g/mol. The van der Waals surface area contributed by atoms with Gasteiger partial charge < -0.3 is 14.2 Å². The molecule has 2 aromatic carbocycles. The molecule has 6 heteroatoms. The quantitative estimate of drug-likeness (QED) is 0.292. The maximum atomic E-state index is 13.9. The lowest BCUT2D eigenvalue weighted by Crippen LogP contribution is -2.78. The van der Waals surface area contributed by atoms with Gasteiger partial charge in [-0.1, -0.05) is 37.3 Å². The van der Waals surface area contributed by atoms with Crippen molar-refractivity contribution in [2.75, 3.05) is 45.2 Å². The molecule has 47 heavy (non-hydrogen) atoms. The summed E-state index contributed by atoms with van der Waals surface area (Å²) in [6, 6.07) is 18.4. The highest BCUT2D eigenvalue weighted by molar-refractivity contribution is 5.87. The molecule has 6 aliphatic heterocycles. The van der Waals surface area contributed by atoms with E-state index in [2.05, 4.69) is 75.7 Å². The highest BCUT2D eigenvalue weighted by Gasteiger charge is 2.80. The molecule has 1 aromatic heterocycles. The van der Waals surface area contributed by atoms with E-state index in [9.17, 15) is 4.79 Å². The molecule has 6 nitrogen and oxygen atoms in total. The van der Waals surface area contributed by atoms with Gasteiger partial charge in [0.05, 0.1) is 30.7 Å². The number of likely N-dealkylation sites (N-methyl/N-ethyl adjacent to an activating group) is 1. The van der Waals surface area contributed by atoms with Crippen LogP contribution in [0.3, 0.4) is 0 Å². The number of carbonyl (C=O) groups is 1. The minimum absolute atomic E-state index is 0.0255. The molecule has 3 aromatic rings. The summed E-state index contributed by atoms with van der Waals surface area (Å²) in [5, 5.41) is 1.49. The van der Waals surface area contributed by atoms with Gasteiger partial charge in [0.2, 0.25) is 0 Å². The Morgan fingerprint density at radius 2 is 1.79 bits per heavy atom. The number of ether oxygens (including phenoxy) is 1. The smallest absolute Gasteiger partial charge is 0.311 e. The average Bonchev–Trinajstić information content (AvgIpc) is 3.75. The Labute approximate surface area is 279 Å². The van der Waals surface area contributed by atoms with Gasteiger partial charge in [0.25, 0.3) is 0 Å². The van der Waals surface area contributed by atoms with Gasteiger partial charge in [-0.15, -0.1) is 0 Å². The monoisotopic (exact) mass is 630 g/mol. The molecule has 3 spiro atoms. The van der Waals surface area contributed by atoms with Crippen molar-refractivity contribution >= 4 is 22.6 Å². The number of carbonyl (C=O) groups excluding carboxylic acids is 1. The second-order valence-electron chi connectivity index (χ2n) is 17.1. The molecule has 3 saturated carbocycles. The van der Waals surface area contributed by atoms with Crippen LogP contribution < -0.4 is 4.90 Å². The highest BCUT2D eigenvalue weighted by atomic mass is 16.5. The van der Waals surface area contributed by atoms with Crippen LogP contribution in [0.4, 0.5) is 5.69 Å². The Morgan fingerprint density at radius 1 is 0.936 bits per heavy atom. The van der Waals surface area contributed by atoms with E-state index in [1.54, 1.807) is 23.9 Å². The third-order valence-corrected chi connectivity index (χ3v) is 16.3. The molecule has 8 atom stereocenters. The van der Waals surface area contributed by atoms with Gasteiger partial charge in [0.1, 0.15) is 0 Å². The molecular formula is C41H50N4O2. The van der Waals surface area contributed by atoms with Crippen molar-refractivity contribution in [3.8, 4) is 0 Å². The first-order valence-electron chi connectivity index (χ1n) is 19.0. The molecule has 2 bridgehead atoms. The van der Waals surface area contributed by atoms with E-state index in [0.29, 0.717) is 23.5 Å². The number of piperidine rings is 2. The second-order valence-corrected chi connectivity index (χ2v) is 17.1. The summed E-state index contributed by atoms with van der Waals surface area (Å²) in [5.74, 6) is -0.0369. The Bertz CT molecular complexity index is 1860. The molecule has 0 N–H and O–H groups in total. The number of fused-ring (bicyclic) bond motifs is 6. The molecule has 6 fully saturated rings. The lowest BCUT2D eigenvalue weighted by atomic mass is 9.38. The summed E-state index contributed by atoms with van der Waals surface area (Å²) >= 11 is 0. The van der Waals surface area contributed by atoms with Gasteiger partial charge in [-0.05, 0) is 130 Å². The number of benzene rings is 2. The van der Waals surface area contributed by atoms with E-state index in [1.165, 1.54) is 93.2 Å². The van der Waals surface area contributed by atoms with Crippen molar-refractivity contribution < 1.29 is 9.53 Å². The van der Waals surface area contributed by atoms with Crippen LogP contribution in [-0.2, 0) is 21.4 Å². The zero-order valence-corrected chi connectivity index (χ0v) is 28.6. The molecule has 246 valence electrons. The SMILES string of the molecule is CC[C@@]12CCCN3CCc4c(n(c5ccccc45)[C@@H](c4ccc5c(c4)[C@]46CCN7CCC[C@@]8(CC[C@@]4([C@@H](C(=O)OC)C8)N5C)[C@@H]76)C1)[C@H]32. The van der Waals surface area contributed by atoms with E-state index < -0.39 is 0 Å². The summed E-state index contributed by atoms with van der Waals surface area (Å²) in [6.45, 7) is 7.31. The number of hydrogen-bond acceptors (Lipinski definition) is 5. The molecule has 3 saturated heterocycles. The molecule has 9 aliphatic rings. The fourth-order valence-electron chi connectivity index (χ4n) is 14.8. The number of para-hydroxylation sites is 1. The normalized spacial score (nSPS) is 41.0. The van der Waals surface area contributed by atoms with Crippen LogP contribution in [0.2, 0.25) is 0 Å². The van der Waals surface area contributed by atoms with E-state index in [0.717, 1.165) is 25.8 Å². The van der Waals surface area contributed by atoms with Crippen molar-refractivity contribution in [2.45, 2.75) is 107 Å². The van der Waals surface area contributed by atoms with Crippen LogP contribution in [0, 0.1) is 16.7 Å². The molecule has 12 rings (SSSR count). The predicted octanol–water partition coefficient (Wildman–Crippen LogP) is 6.99. The van der Waals surface area contributed by atoms with Crippen molar-refractivity contribution in [3.05, 3.63) is 64.8 Å². The second kappa shape index (κ2) is 9.04. The fourth-order valence-corrected chi connectivity index (χ4v) is 14.8. The van der Waals surface area contributed by atoms with Gasteiger partial charge in [-0.25, -0.2) is 0 Å². The molecule has 0 amide bonds. The topological polar surface area (TPSA) is 41.0 Å². The van der Waals surface area contributed by atoms with Gasteiger partial charge >= 0.3 is 5.97 Å². The number of hydrogen-bond donors (Lipinski definition) is 0. The van der Waals surface area contributed by atoms with E-state index in [-0.39, 0.29) is 28.3 Å². The summed E-state index contributed by atoms with van der Waals surface area (Å²) in [5.41, 5.74) is 9.46. The molecule has 3 aliphatic carbocycles. The minimum Gasteiger partial charge on any atom is -0.469 e. The Morgan fingerprint density at radius 3 is 2.66 bits per heavy atom. The lowest BCUT2D eigenvalue weighted by Gasteiger charge is -2.70. The third-order valence-electron chi connectivity index (χ3n) is 16.3. The van der Waals surface area contributed by atoms with Crippen molar-refractivity contribution in [1.82, 2.24) is 14.4 Å². The van der Waals surface area contributed by atoms with E-state index in [1.807, 2.05) is 0 Å². The number of nitrogens with zero attached hydrogens (tertiary/aromatic N) is 4. The average molecular weight is 631 g/mol. The summed E-state index contributed by atoms with van der Waals surface area (Å²) < 4.78 is 8.51. The standard InChI is InChI=1S/C41H50N4O2/c1-4-38-14-7-19-43-21-13-28-27-9-5-6-10-31(27)45(34(28)35(38)43)33(25-38)26-11-12-32-29(23-26)40-18-22-44-20-8-15-39(37(40)44)16-17-41(40,42(32)2)30(24-39)36(46)47-3/h5-6,9-12,23,30,33,35,37H,4,7-8,13-22,24-25H2,1-3H3/t30-,33-,35+,37-,38-,39+,40+,41+/m1/s1. The van der Waals surface area contributed by atoms with Crippen molar-refractivity contribution in [1.29, 1.82) is 0 Å². The minimum atomic E-state index is -0.203. The molecule has 0 radical (unpaired) electrons. The fraction of sp³-hybridized carbons (Fsp3) is 0.634. The van der Waals surface area contributed by atoms with E-state index in [4.69, 9.17) is 4.74 Å². The first-order valence-corrected chi connectivity index (χ1v) is 19.0. The maximum absolute atomic E-state index is 13.9. The van der Waals surface area contributed by atoms with Crippen molar-refractivity contribution in [3.63, 3.8) is 0 Å². The van der Waals surface area contributed by atoms with Gasteiger partial charge in [-0.2, -0.15) is 0 Å². The first-order chi connectivity index (χ1) is 22.9. The number of rotatable bonds is 3. The maximum Gasteiger partial charge on any atom is 0.311 e. The van der Waals surface area contributed by atoms with Crippen LogP contribution >= 0.6 is 0 Å². The Balaban J connectivity index is 1.15. The zero-order valence-electron chi connectivity index (χ0n) is 28.6. The van der Waals surface area contributed by atoms with Crippen LogP contribution in [-0.4, -0.2) is 72.3 Å². The predicted molar refractivity (Wildman–Crippen MR) is 185 cm³/mol. The van der Waals surface area contributed by atoms with Gasteiger partial charge in [0.15, 0.2) is 0 Å². The largest absolute Gasteiger partial charge is 0.469 e. The van der Waals surface area contributed by atoms with E-state index >= 15 is 0 Å². The lowest BCUT2D eigenvalue weighted by molar-refractivity contribution is -0.174. The molecule has 0 unspecified atom stereocenters.